The molecule has 0 aliphatic carbocycles. The molecule has 0 saturated carbocycles. The highest BCUT2D eigenvalue weighted by Gasteiger charge is 2.17. The zero-order valence-corrected chi connectivity index (χ0v) is 13.2. The number of carbonyl (C=O) groups is 1. The molecule has 0 fully saturated rings. The van der Waals surface area contributed by atoms with Crippen LogP contribution in [-0.4, -0.2) is 31.9 Å². The number of benzene rings is 1. The van der Waals surface area contributed by atoms with Crippen LogP contribution in [-0.2, 0) is 14.5 Å². The van der Waals surface area contributed by atoms with Gasteiger partial charge in [-0.1, -0.05) is 6.92 Å². The quantitative estimate of drug-likeness (QED) is 0.397. The molecule has 0 atom stereocenters. The Kier molecular flexibility index (Phi) is 7.19. The summed E-state index contributed by atoms with van der Waals surface area (Å²) in [6.07, 6.45) is 1.57. The van der Waals surface area contributed by atoms with Gasteiger partial charge in [-0.05, 0) is 44.5 Å². The van der Waals surface area contributed by atoms with Gasteiger partial charge in [-0.3, -0.25) is 4.89 Å². The van der Waals surface area contributed by atoms with Crippen molar-refractivity contribution in [1.82, 2.24) is 0 Å². The van der Waals surface area contributed by atoms with Gasteiger partial charge in [-0.2, -0.15) is 4.89 Å². The second-order valence-corrected chi connectivity index (χ2v) is 5.28. The van der Waals surface area contributed by atoms with E-state index >= 15 is 0 Å². The molecular formula is C16H24O5. The highest BCUT2D eigenvalue weighted by Crippen LogP contribution is 2.15. The summed E-state index contributed by atoms with van der Waals surface area (Å²) in [5.74, 6) is 0.212. The molecule has 5 nitrogen and oxygen atoms in total. The predicted molar refractivity (Wildman–Crippen MR) is 79.3 cm³/mol. The van der Waals surface area contributed by atoms with Crippen molar-refractivity contribution in [3.05, 3.63) is 29.8 Å². The predicted octanol–water partition coefficient (Wildman–Crippen LogP) is 3.38. The van der Waals surface area contributed by atoms with Crippen molar-refractivity contribution in [3.63, 3.8) is 0 Å². The van der Waals surface area contributed by atoms with E-state index in [1.165, 1.54) is 0 Å². The Morgan fingerprint density at radius 1 is 1.14 bits per heavy atom. The number of methoxy groups -OCH3 is 1. The summed E-state index contributed by atoms with van der Waals surface area (Å²) in [5.41, 5.74) is 0.120. The second-order valence-electron chi connectivity index (χ2n) is 5.28. The van der Waals surface area contributed by atoms with Crippen LogP contribution in [0.1, 0.15) is 44.0 Å². The van der Waals surface area contributed by atoms with E-state index in [9.17, 15) is 4.79 Å². The maximum absolute atomic E-state index is 11.7. The Morgan fingerprint density at radius 3 is 2.38 bits per heavy atom. The van der Waals surface area contributed by atoms with E-state index in [0.717, 1.165) is 12.2 Å². The minimum absolute atomic E-state index is 0.282. The molecule has 21 heavy (non-hydrogen) atoms. The van der Waals surface area contributed by atoms with E-state index in [2.05, 4.69) is 0 Å². The molecule has 1 aromatic rings. The molecule has 0 radical (unpaired) electrons. The number of hydrogen-bond donors (Lipinski definition) is 0. The fourth-order valence-electron chi connectivity index (χ4n) is 1.44. The van der Waals surface area contributed by atoms with Crippen LogP contribution in [0.2, 0.25) is 0 Å². The van der Waals surface area contributed by atoms with Crippen molar-refractivity contribution in [2.45, 2.75) is 39.2 Å². The SMILES string of the molecule is CCCOc1ccc(C(=O)OOCCC(C)(C)OC)cc1. The van der Waals surface area contributed by atoms with Crippen molar-refractivity contribution in [2.24, 2.45) is 0 Å². The Hall–Kier alpha value is -1.59. The smallest absolute Gasteiger partial charge is 0.373 e. The summed E-state index contributed by atoms with van der Waals surface area (Å²) in [5, 5.41) is 0. The van der Waals surface area contributed by atoms with Gasteiger partial charge in [0.15, 0.2) is 0 Å². The number of carbonyl (C=O) groups excluding carboxylic acids is 1. The van der Waals surface area contributed by atoms with E-state index in [1.54, 1.807) is 31.4 Å². The standard InChI is InChI=1S/C16H24O5/c1-5-11-19-14-8-6-13(7-9-14)15(17)21-20-12-10-16(2,3)18-4/h6-9H,5,10-12H2,1-4H3. The van der Waals surface area contributed by atoms with Gasteiger partial charge in [0.05, 0.1) is 24.4 Å². The van der Waals surface area contributed by atoms with E-state index in [1.807, 2.05) is 20.8 Å². The first-order chi connectivity index (χ1) is 9.98. The molecule has 0 aromatic heterocycles. The molecule has 1 aromatic carbocycles. The molecule has 0 saturated heterocycles. The fourth-order valence-corrected chi connectivity index (χ4v) is 1.44. The average molecular weight is 296 g/mol. The van der Waals surface area contributed by atoms with E-state index in [-0.39, 0.29) is 12.2 Å². The summed E-state index contributed by atoms with van der Waals surface area (Å²) in [7, 11) is 1.63. The minimum atomic E-state index is -0.521. The van der Waals surface area contributed by atoms with Crippen LogP contribution in [0.3, 0.4) is 0 Å². The molecule has 5 heteroatoms. The van der Waals surface area contributed by atoms with Crippen molar-refractivity contribution in [2.75, 3.05) is 20.3 Å². The molecular weight excluding hydrogens is 272 g/mol. The Labute approximate surface area is 126 Å². The van der Waals surface area contributed by atoms with Gasteiger partial charge < -0.3 is 9.47 Å². The minimum Gasteiger partial charge on any atom is -0.494 e. The van der Waals surface area contributed by atoms with Crippen LogP contribution in [0.4, 0.5) is 0 Å². The Balaban J connectivity index is 2.35. The molecule has 0 heterocycles. The lowest BCUT2D eigenvalue weighted by Crippen LogP contribution is -2.24. The molecule has 1 rings (SSSR count). The first-order valence-electron chi connectivity index (χ1n) is 7.10. The molecule has 0 amide bonds. The summed E-state index contributed by atoms with van der Waals surface area (Å²) in [6, 6.07) is 6.77. The third-order valence-electron chi connectivity index (χ3n) is 3.04. The third-order valence-corrected chi connectivity index (χ3v) is 3.04. The maximum atomic E-state index is 11.7. The topological polar surface area (TPSA) is 54.0 Å². The molecule has 0 N–H and O–H groups in total. The molecule has 0 bridgehead atoms. The van der Waals surface area contributed by atoms with Gasteiger partial charge in [0.1, 0.15) is 5.75 Å². The van der Waals surface area contributed by atoms with E-state index in [4.69, 9.17) is 19.2 Å². The van der Waals surface area contributed by atoms with Crippen LogP contribution >= 0.6 is 0 Å². The van der Waals surface area contributed by atoms with Crippen molar-refractivity contribution < 1.29 is 24.0 Å². The zero-order chi connectivity index (χ0) is 15.7. The molecule has 0 unspecified atom stereocenters. The molecule has 118 valence electrons. The lowest BCUT2D eigenvalue weighted by Gasteiger charge is -2.21. The van der Waals surface area contributed by atoms with Crippen LogP contribution in [0.15, 0.2) is 24.3 Å². The van der Waals surface area contributed by atoms with Gasteiger partial charge in [0.25, 0.3) is 0 Å². The maximum Gasteiger partial charge on any atom is 0.373 e. The van der Waals surface area contributed by atoms with Gasteiger partial charge in [-0.15, -0.1) is 0 Å². The van der Waals surface area contributed by atoms with Crippen LogP contribution < -0.4 is 4.74 Å². The lowest BCUT2D eigenvalue weighted by molar-refractivity contribution is -0.247. The normalized spacial score (nSPS) is 11.2. The Morgan fingerprint density at radius 2 is 1.81 bits per heavy atom. The number of rotatable bonds is 9. The van der Waals surface area contributed by atoms with E-state index in [0.29, 0.717) is 18.6 Å². The number of ether oxygens (including phenoxy) is 2. The average Bonchev–Trinajstić information content (AvgIpc) is 2.50. The van der Waals surface area contributed by atoms with Gasteiger partial charge in [0.2, 0.25) is 0 Å². The third kappa shape index (κ3) is 6.60. The van der Waals surface area contributed by atoms with Crippen LogP contribution in [0.25, 0.3) is 0 Å². The monoisotopic (exact) mass is 296 g/mol. The molecule has 0 spiro atoms. The van der Waals surface area contributed by atoms with Crippen molar-refractivity contribution in [3.8, 4) is 5.75 Å². The van der Waals surface area contributed by atoms with Crippen molar-refractivity contribution in [1.29, 1.82) is 0 Å². The first kappa shape index (κ1) is 17.5. The second kappa shape index (κ2) is 8.64. The lowest BCUT2D eigenvalue weighted by atomic mass is 10.1. The first-order valence-corrected chi connectivity index (χ1v) is 7.10. The Bertz CT molecular complexity index is 425. The molecule has 0 aliphatic heterocycles. The highest BCUT2D eigenvalue weighted by molar-refractivity contribution is 5.89. The highest BCUT2D eigenvalue weighted by atomic mass is 17.2. The van der Waals surface area contributed by atoms with Crippen LogP contribution in [0.5, 0.6) is 5.75 Å². The van der Waals surface area contributed by atoms with Crippen LogP contribution in [0, 0.1) is 0 Å². The zero-order valence-electron chi connectivity index (χ0n) is 13.2. The van der Waals surface area contributed by atoms with Gasteiger partial charge in [0, 0.05) is 13.5 Å². The number of hydrogen-bond acceptors (Lipinski definition) is 5. The largest absolute Gasteiger partial charge is 0.494 e. The van der Waals surface area contributed by atoms with E-state index < -0.39 is 5.97 Å². The van der Waals surface area contributed by atoms with Crippen molar-refractivity contribution >= 4 is 5.97 Å². The molecule has 0 aliphatic rings. The summed E-state index contributed by atoms with van der Waals surface area (Å²) < 4.78 is 10.7. The van der Waals surface area contributed by atoms with Gasteiger partial charge in [-0.25, -0.2) is 4.79 Å². The summed E-state index contributed by atoms with van der Waals surface area (Å²) in [4.78, 5) is 21.4. The van der Waals surface area contributed by atoms with Gasteiger partial charge >= 0.3 is 5.97 Å². The fraction of sp³-hybridized carbons (Fsp3) is 0.562. The summed E-state index contributed by atoms with van der Waals surface area (Å²) >= 11 is 0. The summed E-state index contributed by atoms with van der Waals surface area (Å²) in [6.45, 7) is 6.85.